The summed E-state index contributed by atoms with van der Waals surface area (Å²) < 4.78 is 1.55. The molecule has 0 spiro atoms. The van der Waals surface area contributed by atoms with Crippen molar-refractivity contribution in [2.24, 2.45) is 0 Å². The van der Waals surface area contributed by atoms with Gasteiger partial charge in [-0.05, 0) is 32.0 Å². The summed E-state index contributed by atoms with van der Waals surface area (Å²) in [5.74, 6) is 0.937. The van der Waals surface area contributed by atoms with Gasteiger partial charge >= 0.3 is 0 Å². The molecular weight excluding hydrogens is 292 g/mol. The first-order valence-electron chi connectivity index (χ1n) is 7.94. The molecule has 3 rings (SSSR count). The largest absolute Gasteiger partial charge is 0.353 e. The lowest BCUT2D eigenvalue weighted by atomic mass is 10.3. The molecule has 0 bridgehead atoms. The number of rotatable bonds is 4. The van der Waals surface area contributed by atoms with Crippen LogP contribution in [-0.2, 0) is 6.54 Å². The Balaban J connectivity index is 1.52. The Morgan fingerprint density at radius 1 is 0.913 bits per heavy atom. The molecule has 0 atom stereocenters. The Morgan fingerprint density at radius 3 is 2.35 bits per heavy atom. The Kier molecular flexibility index (Phi) is 4.66. The first-order valence-corrected chi connectivity index (χ1v) is 7.94. The summed E-state index contributed by atoms with van der Waals surface area (Å²) in [6, 6.07) is 7.34. The molecule has 0 aliphatic carbocycles. The number of hydrogen-bond acceptors (Lipinski definition) is 6. The maximum Gasteiger partial charge on any atom is 0.266 e. The van der Waals surface area contributed by atoms with E-state index in [0.29, 0.717) is 6.54 Å². The number of piperazine rings is 1. The van der Waals surface area contributed by atoms with Crippen LogP contribution in [0.5, 0.6) is 0 Å². The fourth-order valence-corrected chi connectivity index (χ4v) is 2.71. The van der Waals surface area contributed by atoms with Crippen LogP contribution < -0.4 is 10.5 Å². The predicted molar refractivity (Wildman–Crippen MR) is 88.7 cm³/mol. The Bertz CT molecular complexity index is 703. The number of nitrogens with zero attached hydrogens (tertiary/aromatic N) is 6. The van der Waals surface area contributed by atoms with Crippen molar-refractivity contribution in [1.82, 2.24) is 24.9 Å². The lowest BCUT2D eigenvalue weighted by Crippen LogP contribution is -2.48. The van der Waals surface area contributed by atoms with Gasteiger partial charge in [0.2, 0.25) is 0 Å². The van der Waals surface area contributed by atoms with Gasteiger partial charge in [0.1, 0.15) is 0 Å². The second-order valence-corrected chi connectivity index (χ2v) is 5.90. The zero-order valence-corrected chi connectivity index (χ0v) is 13.6. The molecule has 0 radical (unpaired) electrons. The maximum absolute atomic E-state index is 11.8. The van der Waals surface area contributed by atoms with Gasteiger partial charge in [0.15, 0.2) is 5.82 Å². The minimum absolute atomic E-state index is 0.0378. The van der Waals surface area contributed by atoms with Crippen LogP contribution in [0.3, 0.4) is 0 Å². The average molecular weight is 314 g/mol. The van der Waals surface area contributed by atoms with Gasteiger partial charge in [-0.2, -0.15) is 10.2 Å². The third kappa shape index (κ3) is 3.92. The van der Waals surface area contributed by atoms with Gasteiger partial charge in [0, 0.05) is 38.8 Å². The van der Waals surface area contributed by atoms with E-state index in [0.717, 1.165) is 49.9 Å². The highest BCUT2D eigenvalue weighted by Crippen LogP contribution is 2.12. The van der Waals surface area contributed by atoms with E-state index in [1.807, 2.05) is 26.0 Å². The maximum atomic E-state index is 11.8. The summed E-state index contributed by atoms with van der Waals surface area (Å²) in [4.78, 5) is 16.4. The van der Waals surface area contributed by atoms with Gasteiger partial charge in [0.25, 0.3) is 5.56 Å². The van der Waals surface area contributed by atoms with E-state index < -0.39 is 0 Å². The van der Waals surface area contributed by atoms with E-state index in [1.165, 1.54) is 0 Å². The van der Waals surface area contributed by atoms with Gasteiger partial charge < -0.3 is 4.90 Å². The van der Waals surface area contributed by atoms with Crippen LogP contribution >= 0.6 is 0 Å². The molecule has 2 aromatic rings. The lowest BCUT2D eigenvalue weighted by Gasteiger charge is -2.35. The van der Waals surface area contributed by atoms with E-state index in [2.05, 4.69) is 25.1 Å². The Hall–Kier alpha value is -2.28. The molecule has 0 aromatic carbocycles. The van der Waals surface area contributed by atoms with Crippen LogP contribution in [0.25, 0.3) is 0 Å². The summed E-state index contributed by atoms with van der Waals surface area (Å²) >= 11 is 0. The number of aryl methyl sites for hydroxylation is 2. The molecule has 0 amide bonds. The molecule has 0 saturated carbocycles. The fraction of sp³-hybridized carbons (Fsp3) is 0.500. The molecule has 0 unspecified atom stereocenters. The predicted octanol–water partition coefficient (Wildman–Crippen LogP) is 0.472. The van der Waals surface area contributed by atoms with Crippen LogP contribution in [0, 0.1) is 13.8 Å². The van der Waals surface area contributed by atoms with Gasteiger partial charge in [-0.15, -0.1) is 5.10 Å². The van der Waals surface area contributed by atoms with E-state index in [4.69, 9.17) is 0 Å². The highest BCUT2D eigenvalue weighted by Gasteiger charge is 2.18. The highest BCUT2D eigenvalue weighted by molar-refractivity contribution is 5.37. The Morgan fingerprint density at radius 2 is 1.65 bits per heavy atom. The number of hydrogen-bond donors (Lipinski definition) is 0. The third-order valence-electron chi connectivity index (χ3n) is 4.11. The topological polar surface area (TPSA) is 67.2 Å². The zero-order valence-electron chi connectivity index (χ0n) is 13.6. The summed E-state index contributed by atoms with van der Waals surface area (Å²) in [6.45, 7) is 9.07. The van der Waals surface area contributed by atoms with Crippen LogP contribution in [0.2, 0.25) is 0 Å². The minimum atomic E-state index is -0.0378. The second-order valence-electron chi connectivity index (χ2n) is 5.90. The van der Waals surface area contributed by atoms with E-state index in [-0.39, 0.29) is 5.56 Å². The number of aromatic nitrogens is 4. The summed E-state index contributed by atoms with van der Waals surface area (Å²) in [6.07, 6.45) is 0. The third-order valence-corrected chi connectivity index (χ3v) is 4.11. The summed E-state index contributed by atoms with van der Waals surface area (Å²) in [7, 11) is 0. The van der Waals surface area contributed by atoms with E-state index >= 15 is 0 Å². The van der Waals surface area contributed by atoms with Crippen LogP contribution in [0.4, 0.5) is 5.82 Å². The molecule has 7 heteroatoms. The standard InChI is InChI=1S/C16H22N6O/c1-13-3-5-15(18-17-13)21-10-7-20(8-11-21)9-12-22-16(23)6-4-14(2)19-22/h3-6H,7-12H2,1-2H3. The molecule has 7 nitrogen and oxygen atoms in total. The second kappa shape index (κ2) is 6.87. The average Bonchev–Trinajstić information content (AvgIpc) is 2.57. The fourth-order valence-electron chi connectivity index (χ4n) is 2.71. The normalized spacial score (nSPS) is 15.8. The quantitative estimate of drug-likeness (QED) is 0.817. The molecule has 2 aromatic heterocycles. The highest BCUT2D eigenvalue weighted by atomic mass is 16.1. The van der Waals surface area contributed by atoms with Gasteiger partial charge in [-0.25, -0.2) is 4.68 Å². The summed E-state index contributed by atoms with van der Waals surface area (Å²) in [5.41, 5.74) is 1.76. The van der Waals surface area contributed by atoms with E-state index in [1.54, 1.807) is 16.8 Å². The molecule has 1 aliphatic rings. The molecule has 122 valence electrons. The van der Waals surface area contributed by atoms with Gasteiger partial charge in [0.05, 0.1) is 17.9 Å². The zero-order chi connectivity index (χ0) is 16.2. The first-order chi connectivity index (χ1) is 11.1. The van der Waals surface area contributed by atoms with Crippen molar-refractivity contribution in [3.05, 3.63) is 46.0 Å². The van der Waals surface area contributed by atoms with Crippen molar-refractivity contribution in [1.29, 1.82) is 0 Å². The van der Waals surface area contributed by atoms with Gasteiger partial charge in [-0.3, -0.25) is 9.69 Å². The summed E-state index contributed by atoms with van der Waals surface area (Å²) in [5, 5.41) is 12.6. The molecule has 23 heavy (non-hydrogen) atoms. The minimum Gasteiger partial charge on any atom is -0.353 e. The first kappa shape index (κ1) is 15.6. The van der Waals surface area contributed by atoms with Crippen molar-refractivity contribution >= 4 is 5.82 Å². The van der Waals surface area contributed by atoms with Crippen LogP contribution in [0.1, 0.15) is 11.4 Å². The van der Waals surface area contributed by atoms with Crippen molar-refractivity contribution in [2.45, 2.75) is 20.4 Å². The molecule has 1 fully saturated rings. The van der Waals surface area contributed by atoms with Gasteiger partial charge in [-0.1, -0.05) is 0 Å². The number of anilines is 1. The molecule has 0 N–H and O–H groups in total. The lowest BCUT2D eigenvalue weighted by molar-refractivity contribution is 0.242. The van der Waals surface area contributed by atoms with Crippen LogP contribution in [0.15, 0.2) is 29.1 Å². The molecule has 3 heterocycles. The molecule has 1 saturated heterocycles. The van der Waals surface area contributed by atoms with Crippen molar-refractivity contribution < 1.29 is 0 Å². The Labute approximate surface area is 135 Å². The molecule has 1 aliphatic heterocycles. The molecular formula is C16H22N6O. The SMILES string of the molecule is Cc1ccc(N2CCN(CCn3nc(C)ccc3=O)CC2)nn1. The smallest absolute Gasteiger partial charge is 0.266 e. The van der Waals surface area contributed by atoms with Crippen molar-refractivity contribution in [2.75, 3.05) is 37.6 Å². The van der Waals surface area contributed by atoms with Crippen molar-refractivity contribution in [3.63, 3.8) is 0 Å². The monoisotopic (exact) mass is 314 g/mol. The van der Waals surface area contributed by atoms with Crippen molar-refractivity contribution in [3.8, 4) is 0 Å². The van der Waals surface area contributed by atoms with E-state index in [9.17, 15) is 4.79 Å². The van der Waals surface area contributed by atoms with Crippen LogP contribution in [-0.4, -0.2) is 57.6 Å².